The van der Waals surface area contributed by atoms with Gasteiger partial charge >= 0.3 is 0 Å². The van der Waals surface area contributed by atoms with Gasteiger partial charge in [-0.25, -0.2) is 14.5 Å². The Morgan fingerprint density at radius 1 is 1.24 bits per heavy atom. The standard InChI is InChI=1S/C19H17ClN6O2S/c1-10-6-11(2)26-18(21-10)23-16(25-26)8-17(27)24-19-22-14(9-29-19)12-4-5-15(28-3)13(20)7-12/h4-7,9H,8H2,1-3H3,(H,22,24,27). The van der Waals surface area contributed by atoms with E-state index in [0.29, 0.717) is 27.5 Å². The Hall–Kier alpha value is -3.04. The molecule has 1 amide bonds. The Labute approximate surface area is 175 Å². The second kappa shape index (κ2) is 7.76. The lowest BCUT2D eigenvalue weighted by Gasteiger charge is -2.04. The zero-order chi connectivity index (χ0) is 20.5. The molecule has 8 nitrogen and oxygen atoms in total. The van der Waals surface area contributed by atoms with E-state index >= 15 is 0 Å². The van der Waals surface area contributed by atoms with Crippen LogP contribution in [0.4, 0.5) is 5.13 Å². The molecule has 0 aliphatic rings. The highest BCUT2D eigenvalue weighted by Crippen LogP contribution is 2.31. The molecule has 0 saturated heterocycles. The fourth-order valence-electron chi connectivity index (χ4n) is 2.88. The summed E-state index contributed by atoms with van der Waals surface area (Å²) < 4.78 is 6.79. The molecule has 0 saturated carbocycles. The number of thiazole rings is 1. The first kappa shape index (κ1) is 19.3. The number of ether oxygens (including phenoxy) is 1. The Morgan fingerprint density at radius 3 is 2.83 bits per heavy atom. The maximum Gasteiger partial charge on any atom is 0.252 e. The van der Waals surface area contributed by atoms with Crippen LogP contribution >= 0.6 is 22.9 Å². The van der Waals surface area contributed by atoms with Gasteiger partial charge in [0.1, 0.15) is 5.75 Å². The number of benzene rings is 1. The SMILES string of the molecule is COc1ccc(-c2csc(NC(=O)Cc3nc4nc(C)cc(C)n4n3)n2)cc1Cl. The van der Waals surface area contributed by atoms with E-state index < -0.39 is 0 Å². The van der Waals surface area contributed by atoms with Gasteiger partial charge in [0, 0.05) is 22.3 Å². The van der Waals surface area contributed by atoms with E-state index in [1.165, 1.54) is 11.3 Å². The van der Waals surface area contributed by atoms with Gasteiger partial charge in [-0.15, -0.1) is 16.4 Å². The topological polar surface area (TPSA) is 94.3 Å². The van der Waals surface area contributed by atoms with Crippen LogP contribution in [0, 0.1) is 13.8 Å². The smallest absolute Gasteiger partial charge is 0.252 e. The number of hydrogen-bond acceptors (Lipinski definition) is 7. The fraction of sp³-hybridized carbons (Fsp3) is 0.211. The number of amides is 1. The van der Waals surface area contributed by atoms with Gasteiger partial charge in [-0.2, -0.15) is 4.98 Å². The third kappa shape index (κ3) is 4.06. The zero-order valence-corrected chi connectivity index (χ0v) is 17.5. The summed E-state index contributed by atoms with van der Waals surface area (Å²) in [6, 6.07) is 7.33. The number of carbonyl (C=O) groups excluding carboxylic acids is 1. The number of aromatic nitrogens is 5. The summed E-state index contributed by atoms with van der Waals surface area (Å²) in [6.07, 6.45) is 0.0329. The number of hydrogen-bond donors (Lipinski definition) is 1. The average Bonchev–Trinajstić information content (AvgIpc) is 3.28. The van der Waals surface area contributed by atoms with Crippen LogP contribution in [-0.2, 0) is 11.2 Å². The fourth-order valence-corrected chi connectivity index (χ4v) is 3.87. The summed E-state index contributed by atoms with van der Waals surface area (Å²) in [5.41, 5.74) is 3.32. The number of nitrogens with zero attached hydrogens (tertiary/aromatic N) is 5. The van der Waals surface area contributed by atoms with Gasteiger partial charge in [0.05, 0.1) is 24.2 Å². The molecule has 0 fully saturated rings. The highest BCUT2D eigenvalue weighted by molar-refractivity contribution is 7.14. The van der Waals surface area contributed by atoms with Crippen LogP contribution in [0.15, 0.2) is 29.6 Å². The molecule has 0 spiro atoms. The van der Waals surface area contributed by atoms with Crippen molar-refractivity contribution in [1.29, 1.82) is 0 Å². The summed E-state index contributed by atoms with van der Waals surface area (Å²) in [4.78, 5) is 25.5. The molecule has 29 heavy (non-hydrogen) atoms. The summed E-state index contributed by atoms with van der Waals surface area (Å²) in [5, 5.41) is 9.99. The second-order valence-corrected chi connectivity index (χ2v) is 7.66. The van der Waals surface area contributed by atoms with Crippen molar-refractivity contribution in [2.45, 2.75) is 20.3 Å². The quantitative estimate of drug-likeness (QED) is 0.520. The molecule has 0 aliphatic carbocycles. The van der Waals surface area contributed by atoms with Crippen molar-refractivity contribution in [3.05, 3.63) is 51.9 Å². The molecule has 10 heteroatoms. The first-order chi connectivity index (χ1) is 13.9. The number of carbonyl (C=O) groups is 1. The van der Waals surface area contributed by atoms with Gasteiger partial charge in [-0.3, -0.25) is 4.79 Å². The van der Waals surface area contributed by atoms with Gasteiger partial charge in [-0.1, -0.05) is 11.6 Å². The maximum atomic E-state index is 12.4. The van der Waals surface area contributed by atoms with Crippen molar-refractivity contribution in [2.24, 2.45) is 0 Å². The molecule has 0 unspecified atom stereocenters. The lowest BCUT2D eigenvalue weighted by molar-refractivity contribution is -0.115. The summed E-state index contributed by atoms with van der Waals surface area (Å²) in [7, 11) is 1.56. The van der Waals surface area contributed by atoms with E-state index in [4.69, 9.17) is 16.3 Å². The minimum Gasteiger partial charge on any atom is -0.495 e. The normalized spacial score (nSPS) is 11.0. The predicted molar refractivity (Wildman–Crippen MR) is 112 cm³/mol. The molecule has 148 valence electrons. The van der Waals surface area contributed by atoms with Crippen LogP contribution in [0.5, 0.6) is 5.75 Å². The molecule has 0 bridgehead atoms. The third-order valence-electron chi connectivity index (χ3n) is 4.18. The van der Waals surface area contributed by atoms with Crippen LogP contribution in [0.3, 0.4) is 0 Å². The van der Waals surface area contributed by atoms with Crippen molar-refractivity contribution in [3.8, 4) is 17.0 Å². The van der Waals surface area contributed by atoms with Crippen molar-refractivity contribution < 1.29 is 9.53 Å². The molecule has 4 rings (SSSR count). The number of aryl methyl sites for hydroxylation is 2. The summed E-state index contributed by atoms with van der Waals surface area (Å²) in [5.74, 6) is 1.24. The minimum absolute atomic E-state index is 0.0329. The van der Waals surface area contributed by atoms with E-state index in [0.717, 1.165) is 22.6 Å². The molecule has 3 aromatic heterocycles. The number of anilines is 1. The van der Waals surface area contributed by atoms with E-state index in [9.17, 15) is 4.79 Å². The first-order valence-electron chi connectivity index (χ1n) is 8.72. The molecular weight excluding hydrogens is 412 g/mol. The molecule has 0 radical (unpaired) electrons. The molecule has 1 aromatic carbocycles. The van der Waals surface area contributed by atoms with Crippen molar-refractivity contribution >= 4 is 39.8 Å². The molecular formula is C19H17ClN6O2S. The number of nitrogens with one attached hydrogen (secondary N) is 1. The maximum absolute atomic E-state index is 12.4. The van der Waals surface area contributed by atoms with Gasteiger partial charge in [0.15, 0.2) is 11.0 Å². The largest absolute Gasteiger partial charge is 0.495 e. The van der Waals surface area contributed by atoms with E-state index in [2.05, 4.69) is 25.4 Å². The Morgan fingerprint density at radius 2 is 2.07 bits per heavy atom. The first-order valence-corrected chi connectivity index (χ1v) is 9.98. The van der Waals surface area contributed by atoms with Crippen molar-refractivity contribution in [2.75, 3.05) is 12.4 Å². The highest BCUT2D eigenvalue weighted by Gasteiger charge is 2.14. The Kier molecular flexibility index (Phi) is 5.16. The molecule has 4 aromatic rings. The zero-order valence-electron chi connectivity index (χ0n) is 15.9. The number of rotatable bonds is 5. The Balaban J connectivity index is 1.47. The lowest BCUT2D eigenvalue weighted by Crippen LogP contribution is -2.15. The second-order valence-electron chi connectivity index (χ2n) is 6.39. The minimum atomic E-state index is -0.246. The van der Waals surface area contributed by atoms with Gasteiger partial charge in [0.2, 0.25) is 5.91 Å². The monoisotopic (exact) mass is 428 g/mol. The predicted octanol–water partition coefficient (Wildman–Crippen LogP) is 3.71. The van der Waals surface area contributed by atoms with Gasteiger partial charge in [-0.05, 0) is 38.1 Å². The van der Waals surface area contributed by atoms with Crippen molar-refractivity contribution in [3.63, 3.8) is 0 Å². The van der Waals surface area contributed by atoms with E-state index in [-0.39, 0.29) is 12.3 Å². The van der Waals surface area contributed by atoms with Crippen LogP contribution in [0.1, 0.15) is 17.2 Å². The van der Waals surface area contributed by atoms with Crippen LogP contribution in [0.25, 0.3) is 17.0 Å². The summed E-state index contributed by atoms with van der Waals surface area (Å²) >= 11 is 7.51. The van der Waals surface area contributed by atoms with E-state index in [1.54, 1.807) is 23.8 Å². The lowest BCUT2D eigenvalue weighted by atomic mass is 10.2. The highest BCUT2D eigenvalue weighted by atomic mass is 35.5. The Bertz CT molecular complexity index is 1220. The molecule has 1 N–H and O–H groups in total. The molecule has 0 aliphatic heterocycles. The van der Waals surface area contributed by atoms with Crippen LogP contribution < -0.4 is 10.1 Å². The number of methoxy groups -OCH3 is 1. The van der Waals surface area contributed by atoms with Gasteiger partial charge in [0.25, 0.3) is 5.78 Å². The van der Waals surface area contributed by atoms with Gasteiger partial charge < -0.3 is 10.1 Å². The third-order valence-corrected chi connectivity index (χ3v) is 5.23. The number of fused-ring (bicyclic) bond motifs is 1. The van der Waals surface area contributed by atoms with Crippen LogP contribution in [-0.4, -0.2) is 37.6 Å². The van der Waals surface area contributed by atoms with Crippen molar-refractivity contribution in [1.82, 2.24) is 24.6 Å². The number of halogens is 1. The summed E-state index contributed by atoms with van der Waals surface area (Å²) in [6.45, 7) is 3.81. The molecule has 3 heterocycles. The van der Waals surface area contributed by atoms with Crippen LogP contribution in [0.2, 0.25) is 5.02 Å². The van der Waals surface area contributed by atoms with E-state index in [1.807, 2.05) is 31.4 Å². The average molecular weight is 429 g/mol. The molecule has 0 atom stereocenters.